The number of rotatable bonds is 8. The fraction of sp³-hybridized carbons (Fsp3) is 0.923. The van der Waals surface area contributed by atoms with Crippen LogP contribution in [0.5, 0.6) is 0 Å². The van der Waals surface area contributed by atoms with Crippen LogP contribution >= 0.6 is 0 Å². The van der Waals surface area contributed by atoms with E-state index >= 15 is 0 Å². The lowest BCUT2D eigenvalue weighted by molar-refractivity contribution is -0.137. The summed E-state index contributed by atoms with van der Waals surface area (Å²) in [4.78, 5) is 12.8. The molecule has 0 saturated carbocycles. The van der Waals surface area contributed by atoms with Crippen molar-refractivity contribution in [1.82, 2.24) is 4.90 Å². The first-order chi connectivity index (χ1) is 8.62. The van der Waals surface area contributed by atoms with Gasteiger partial charge in [-0.05, 0) is 32.2 Å². The quantitative estimate of drug-likeness (QED) is 0.635. The number of hydrogen-bond acceptors (Lipinski definition) is 4. The number of likely N-dealkylation sites (tertiary alicyclic amines) is 1. The molecule has 1 aliphatic heterocycles. The average Bonchev–Trinajstić information content (AvgIpc) is 2.37. The van der Waals surface area contributed by atoms with E-state index < -0.39 is 5.97 Å². The predicted molar refractivity (Wildman–Crippen MR) is 68.6 cm³/mol. The number of carbonyl (C=O) groups is 1. The Hall–Kier alpha value is -0.650. The molecule has 0 spiro atoms. The molecule has 1 rings (SSSR count). The normalized spacial score (nSPS) is 25.2. The Morgan fingerprint density at radius 1 is 1.50 bits per heavy atom. The first kappa shape index (κ1) is 15.4. The summed E-state index contributed by atoms with van der Waals surface area (Å²) < 4.78 is 5.06. The van der Waals surface area contributed by atoms with Gasteiger partial charge in [0, 0.05) is 38.8 Å². The third kappa shape index (κ3) is 4.92. The third-order valence-corrected chi connectivity index (χ3v) is 3.77. The Kier molecular flexibility index (Phi) is 6.60. The fourth-order valence-corrected chi connectivity index (χ4v) is 2.76. The van der Waals surface area contributed by atoms with Crippen LogP contribution in [0.4, 0.5) is 0 Å². The summed E-state index contributed by atoms with van der Waals surface area (Å²) in [6.07, 6.45) is 4.13. The van der Waals surface area contributed by atoms with Gasteiger partial charge in [-0.25, -0.2) is 0 Å². The van der Waals surface area contributed by atoms with Crippen LogP contribution in [0.1, 0.15) is 32.1 Å². The first-order valence-electron chi connectivity index (χ1n) is 6.66. The fourth-order valence-electron chi connectivity index (χ4n) is 2.76. The van der Waals surface area contributed by atoms with Gasteiger partial charge in [0.05, 0.1) is 6.42 Å². The SMILES string of the molecule is COCCC[C@@]1(CO)CCCN(CCC(=O)O)C1. The molecule has 0 radical (unpaired) electrons. The molecule has 0 aromatic carbocycles. The lowest BCUT2D eigenvalue weighted by Crippen LogP contribution is -2.46. The Bertz CT molecular complexity index is 259. The molecule has 0 bridgehead atoms. The van der Waals surface area contributed by atoms with E-state index in [4.69, 9.17) is 9.84 Å². The van der Waals surface area contributed by atoms with Gasteiger partial charge in [-0.15, -0.1) is 0 Å². The van der Waals surface area contributed by atoms with Gasteiger partial charge in [0.2, 0.25) is 0 Å². The number of carboxylic acid groups (broad SMARTS) is 1. The molecule has 0 aromatic rings. The molecular formula is C13H25NO4. The molecule has 1 atom stereocenters. The molecule has 1 fully saturated rings. The van der Waals surface area contributed by atoms with E-state index in [1.54, 1.807) is 7.11 Å². The summed E-state index contributed by atoms with van der Waals surface area (Å²) in [5, 5.41) is 18.4. The van der Waals surface area contributed by atoms with Gasteiger partial charge in [0.1, 0.15) is 0 Å². The number of aliphatic carboxylic acids is 1. The van der Waals surface area contributed by atoms with Gasteiger partial charge in [0.25, 0.3) is 0 Å². The molecule has 5 heteroatoms. The van der Waals surface area contributed by atoms with Gasteiger partial charge < -0.3 is 19.8 Å². The van der Waals surface area contributed by atoms with Gasteiger partial charge >= 0.3 is 5.97 Å². The maximum Gasteiger partial charge on any atom is 0.304 e. The lowest BCUT2D eigenvalue weighted by atomic mass is 9.77. The number of nitrogens with zero attached hydrogens (tertiary/aromatic N) is 1. The van der Waals surface area contributed by atoms with Crippen LogP contribution in [0.25, 0.3) is 0 Å². The van der Waals surface area contributed by atoms with Crippen molar-refractivity contribution in [3.63, 3.8) is 0 Å². The first-order valence-corrected chi connectivity index (χ1v) is 6.66. The maximum atomic E-state index is 10.6. The second-order valence-corrected chi connectivity index (χ2v) is 5.28. The zero-order chi connectivity index (χ0) is 13.4. The molecule has 106 valence electrons. The maximum absolute atomic E-state index is 10.6. The highest BCUT2D eigenvalue weighted by molar-refractivity contribution is 5.66. The van der Waals surface area contributed by atoms with Crippen LogP contribution in [-0.4, -0.2) is 61.0 Å². The van der Waals surface area contributed by atoms with E-state index in [0.717, 1.165) is 45.4 Å². The summed E-state index contributed by atoms with van der Waals surface area (Å²) >= 11 is 0. The zero-order valence-corrected chi connectivity index (χ0v) is 11.2. The number of piperidine rings is 1. The number of hydrogen-bond donors (Lipinski definition) is 2. The van der Waals surface area contributed by atoms with E-state index in [0.29, 0.717) is 6.54 Å². The molecule has 1 aliphatic rings. The zero-order valence-electron chi connectivity index (χ0n) is 11.2. The number of methoxy groups -OCH3 is 1. The molecule has 0 unspecified atom stereocenters. The van der Waals surface area contributed by atoms with Gasteiger partial charge in [-0.1, -0.05) is 0 Å². The minimum absolute atomic E-state index is 0.0602. The molecular weight excluding hydrogens is 234 g/mol. The Balaban J connectivity index is 2.44. The van der Waals surface area contributed by atoms with Crippen molar-refractivity contribution in [3.05, 3.63) is 0 Å². The Labute approximate surface area is 109 Å². The van der Waals surface area contributed by atoms with Crippen LogP contribution < -0.4 is 0 Å². The Morgan fingerprint density at radius 3 is 2.89 bits per heavy atom. The lowest BCUT2D eigenvalue weighted by Gasteiger charge is -2.42. The molecule has 1 heterocycles. The highest BCUT2D eigenvalue weighted by Crippen LogP contribution is 2.34. The van der Waals surface area contributed by atoms with Crippen molar-refractivity contribution in [1.29, 1.82) is 0 Å². The second-order valence-electron chi connectivity index (χ2n) is 5.28. The number of aliphatic hydroxyl groups is 1. The predicted octanol–water partition coefficient (Wildman–Crippen LogP) is 0.962. The van der Waals surface area contributed by atoms with E-state index in [9.17, 15) is 9.90 Å². The summed E-state index contributed by atoms with van der Waals surface area (Å²) in [7, 11) is 1.69. The van der Waals surface area contributed by atoms with Crippen molar-refractivity contribution in [2.75, 3.05) is 40.0 Å². The topological polar surface area (TPSA) is 70.0 Å². The molecule has 18 heavy (non-hydrogen) atoms. The summed E-state index contributed by atoms with van der Waals surface area (Å²) in [6.45, 7) is 3.23. The van der Waals surface area contributed by atoms with Crippen LogP contribution in [0, 0.1) is 5.41 Å². The Morgan fingerprint density at radius 2 is 2.28 bits per heavy atom. The molecule has 5 nitrogen and oxygen atoms in total. The van der Waals surface area contributed by atoms with Crippen LogP contribution in [-0.2, 0) is 9.53 Å². The molecule has 2 N–H and O–H groups in total. The highest BCUT2D eigenvalue weighted by atomic mass is 16.5. The van der Waals surface area contributed by atoms with Crippen LogP contribution in [0.15, 0.2) is 0 Å². The highest BCUT2D eigenvalue weighted by Gasteiger charge is 2.34. The molecule has 0 amide bonds. The summed E-state index contributed by atoms with van der Waals surface area (Å²) in [5.74, 6) is -0.755. The third-order valence-electron chi connectivity index (χ3n) is 3.77. The van der Waals surface area contributed by atoms with Crippen molar-refractivity contribution in [2.24, 2.45) is 5.41 Å². The van der Waals surface area contributed by atoms with E-state index in [-0.39, 0.29) is 18.4 Å². The number of carboxylic acids is 1. The van der Waals surface area contributed by atoms with E-state index in [2.05, 4.69) is 4.90 Å². The second kappa shape index (κ2) is 7.71. The average molecular weight is 259 g/mol. The standard InChI is InChI=1S/C13H25NO4/c1-18-9-3-6-13(11-15)5-2-7-14(10-13)8-4-12(16)17/h15H,2-11H2,1H3,(H,16,17)/t13-/m0/s1. The molecule has 0 aliphatic carbocycles. The summed E-state index contributed by atoms with van der Waals surface area (Å²) in [5.41, 5.74) is -0.0602. The largest absolute Gasteiger partial charge is 0.481 e. The molecule has 1 saturated heterocycles. The van der Waals surface area contributed by atoms with E-state index in [1.165, 1.54) is 0 Å². The number of aliphatic hydroxyl groups excluding tert-OH is 1. The molecule has 0 aromatic heterocycles. The summed E-state index contributed by atoms with van der Waals surface area (Å²) in [6, 6.07) is 0. The number of ether oxygens (including phenoxy) is 1. The minimum atomic E-state index is -0.755. The monoisotopic (exact) mass is 259 g/mol. The van der Waals surface area contributed by atoms with Crippen LogP contribution in [0.3, 0.4) is 0 Å². The van der Waals surface area contributed by atoms with Crippen molar-refractivity contribution in [2.45, 2.75) is 32.1 Å². The van der Waals surface area contributed by atoms with Crippen LogP contribution in [0.2, 0.25) is 0 Å². The smallest absolute Gasteiger partial charge is 0.304 e. The van der Waals surface area contributed by atoms with Crippen molar-refractivity contribution >= 4 is 5.97 Å². The van der Waals surface area contributed by atoms with Crippen molar-refractivity contribution < 1.29 is 19.7 Å². The van der Waals surface area contributed by atoms with Gasteiger partial charge in [0.15, 0.2) is 0 Å². The van der Waals surface area contributed by atoms with E-state index in [1.807, 2.05) is 0 Å². The van der Waals surface area contributed by atoms with Crippen molar-refractivity contribution in [3.8, 4) is 0 Å². The van der Waals surface area contributed by atoms with Gasteiger partial charge in [-0.2, -0.15) is 0 Å². The minimum Gasteiger partial charge on any atom is -0.481 e. The van der Waals surface area contributed by atoms with Gasteiger partial charge in [-0.3, -0.25) is 4.79 Å².